The summed E-state index contributed by atoms with van der Waals surface area (Å²) < 4.78 is 35.9. The summed E-state index contributed by atoms with van der Waals surface area (Å²) in [4.78, 5) is 3.74. The molecule has 1 aromatic rings. The molecule has 1 unspecified atom stereocenters. The summed E-state index contributed by atoms with van der Waals surface area (Å²) in [6.45, 7) is -3.47. The Morgan fingerprint density at radius 3 is 2.67 bits per heavy atom. The predicted octanol–water partition coefficient (Wildman–Crippen LogP) is 2.53. The van der Waals surface area contributed by atoms with E-state index in [4.69, 9.17) is 0 Å². The number of halogens is 3. The van der Waals surface area contributed by atoms with Gasteiger partial charge >= 0.3 is 6.98 Å². The van der Waals surface area contributed by atoms with Gasteiger partial charge in [-0.1, -0.05) is 6.08 Å². The highest BCUT2D eigenvalue weighted by Gasteiger charge is 2.17. The monoisotopic (exact) mass is 216 g/mol. The molecule has 1 N–H and O–H groups in total. The lowest BCUT2D eigenvalue weighted by atomic mass is 9.90. The molecule has 0 bridgehead atoms. The van der Waals surface area contributed by atoms with Crippen LogP contribution in [0.3, 0.4) is 0 Å². The fourth-order valence-corrected chi connectivity index (χ4v) is 1.13. The van der Waals surface area contributed by atoms with E-state index < -0.39 is 13.1 Å². The number of aliphatic hydroxyl groups excluding tert-OH is 1. The van der Waals surface area contributed by atoms with Crippen LogP contribution in [0, 0.1) is 0 Å². The lowest BCUT2D eigenvalue weighted by Gasteiger charge is -2.10. The molecule has 0 saturated carbocycles. The third kappa shape index (κ3) is 3.75. The summed E-state index contributed by atoms with van der Waals surface area (Å²) in [6.07, 6.45) is 2.85. The molecule has 15 heavy (non-hydrogen) atoms. The van der Waals surface area contributed by atoms with Crippen LogP contribution in [0.25, 0.3) is 6.08 Å². The van der Waals surface area contributed by atoms with Gasteiger partial charge in [0.2, 0.25) is 0 Å². The topological polar surface area (TPSA) is 33.1 Å². The maximum absolute atomic E-state index is 12.0. The van der Waals surface area contributed by atoms with Gasteiger partial charge < -0.3 is 18.1 Å². The molecule has 82 valence electrons. The standard InChI is InChI=1S/C9H10BF3NO/c1-7(15)9-6-14-5-3-8(9)2-4-10(11,12)13/h2-7,15H,1H3/q-1/b4-2+. The van der Waals surface area contributed by atoms with Gasteiger partial charge in [-0.05, 0) is 18.6 Å². The van der Waals surface area contributed by atoms with Crippen molar-refractivity contribution in [3.8, 4) is 0 Å². The van der Waals surface area contributed by atoms with Crippen LogP contribution in [-0.4, -0.2) is 17.1 Å². The molecule has 1 heterocycles. The fourth-order valence-electron chi connectivity index (χ4n) is 1.13. The van der Waals surface area contributed by atoms with Gasteiger partial charge in [-0.2, -0.15) is 0 Å². The van der Waals surface area contributed by atoms with E-state index in [0.717, 1.165) is 6.08 Å². The van der Waals surface area contributed by atoms with E-state index in [1.165, 1.54) is 25.4 Å². The average Bonchev–Trinajstić information content (AvgIpc) is 2.14. The van der Waals surface area contributed by atoms with Gasteiger partial charge in [0.05, 0.1) is 6.10 Å². The molecule has 1 aromatic heterocycles. The molecule has 0 spiro atoms. The van der Waals surface area contributed by atoms with Gasteiger partial charge in [-0.25, -0.2) is 0 Å². The molecule has 0 aromatic carbocycles. The lowest BCUT2D eigenvalue weighted by Crippen LogP contribution is -2.09. The Morgan fingerprint density at radius 2 is 2.13 bits per heavy atom. The summed E-state index contributed by atoms with van der Waals surface area (Å²) in [5.41, 5.74) is 0.716. The number of aliphatic hydroxyl groups is 1. The van der Waals surface area contributed by atoms with Crippen molar-refractivity contribution < 1.29 is 18.1 Å². The number of aromatic nitrogens is 1. The van der Waals surface area contributed by atoms with Gasteiger partial charge in [-0.15, -0.1) is 5.98 Å². The molecule has 1 rings (SSSR count). The van der Waals surface area contributed by atoms with Crippen LogP contribution in [0.1, 0.15) is 24.2 Å². The van der Waals surface area contributed by atoms with Crippen LogP contribution in [0.4, 0.5) is 12.9 Å². The van der Waals surface area contributed by atoms with E-state index in [1.807, 2.05) is 0 Å². The molecule has 0 radical (unpaired) electrons. The molecular weight excluding hydrogens is 206 g/mol. The van der Waals surface area contributed by atoms with Crippen molar-refractivity contribution in [2.75, 3.05) is 0 Å². The summed E-state index contributed by atoms with van der Waals surface area (Å²) in [5.74, 6) is 0.196. The van der Waals surface area contributed by atoms with E-state index in [9.17, 15) is 18.1 Å². The van der Waals surface area contributed by atoms with Crippen LogP contribution >= 0.6 is 0 Å². The Bertz CT molecular complexity index is 363. The zero-order valence-electron chi connectivity index (χ0n) is 8.07. The van der Waals surface area contributed by atoms with E-state index in [1.54, 1.807) is 0 Å². The SMILES string of the molecule is CC(O)c1cnccc1/C=C/[B-](F)(F)F. The van der Waals surface area contributed by atoms with Crippen molar-refractivity contribution in [3.05, 3.63) is 35.6 Å². The number of hydrogen-bond donors (Lipinski definition) is 1. The van der Waals surface area contributed by atoms with Gasteiger partial charge in [0.15, 0.2) is 0 Å². The maximum Gasteiger partial charge on any atom is 0.502 e. The van der Waals surface area contributed by atoms with Gasteiger partial charge in [0, 0.05) is 18.0 Å². The maximum atomic E-state index is 12.0. The first-order valence-corrected chi connectivity index (χ1v) is 4.41. The predicted molar refractivity (Wildman–Crippen MR) is 53.0 cm³/mol. The normalized spacial score (nSPS) is 14.5. The average molecular weight is 216 g/mol. The first-order valence-electron chi connectivity index (χ1n) is 4.41. The van der Waals surface area contributed by atoms with Crippen LogP contribution in [0.5, 0.6) is 0 Å². The molecule has 1 atom stereocenters. The van der Waals surface area contributed by atoms with Crippen molar-refractivity contribution in [1.82, 2.24) is 4.98 Å². The molecule has 0 saturated heterocycles. The van der Waals surface area contributed by atoms with E-state index in [0.29, 0.717) is 11.1 Å². The van der Waals surface area contributed by atoms with E-state index in [2.05, 4.69) is 4.98 Å². The highest BCUT2D eigenvalue weighted by Crippen LogP contribution is 2.19. The minimum atomic E-state index is -4.95. The van der Waals surface area contributed by atoms with Crippen LogP contribution < -0.4 is 0 Å². The van der Waals surface area contributed by atoms with Crippen molar-refractivity contribution >= 4 is 13.1 Å². The lowest BCUT2D eigenvalue weighted by molar-refractivity contribution is 0.198. The highest BCUT2D eigenvalue weighted by molar-refractivity contribution is 6.64. The molecule has 0 aliphatic carbocycles. The number of hydrogen-bond acceptors (Lipinski definition) is 2. The third-order valence-electron chi connectivity index (χ3n) is 1.83. The molecule has 2 nitrogen and oxygen atoms in total. The first-order chi connectivity index (χ1) is 6.90. The molecule has 0 amide bonds. The molecule has 0 aliphatic heterocycles. The largest absolute Gasteiger partial charge is 0.502 e. The Morgan fingerprint density at radius 1 is 1.47 bits per heavy atom. The Balaban J connectivity index is 2.99. The fraction of sp³-hybridized carbons (Fsp3) is 0.222. The Hall–Kier alpha value is -1.30. The summed E-state index contributed by atoms with van der Waals surface area (Å²) >= 11 is 0. The number of nitrogens with zero attached hydrogens (tertiary/aromatic N) is 1. The first kappa shape index (κ1) is 11.8. The number of pyridine rings is 1. The van der Waals surface area contributed by atoms with Crippen molar-refractivity contribution in [2.24, 2.45) is 0 Å². The zero-order chi connectivity index (χ0) is 11.5. The second kappa shape index (κ2) is 4.48. The van der Waals surface area contributed by atoms with Gasteiger partial charge in [0.25, 0.3) is 0 Å². The van der Waals surface area contributed by atoms with Crippen molar-refractivity contribution in [3.63, 3.8) is 0 Å². The van der Waals surface area contributed by atoms with Crippen molar-refractivity contribution in [2.45, 2.75) is 13.0 Å². The summed E-state index contributed by atoms with van der Waals surface area (Å²) in [5, 5.41) is 9.28. The Labute approximate surface area is 85.5 Å². The van der Waals surface area contributed by atoms with Crippen LogP contribution in [0.2, 0.25) is 0 Å². The van der Waals surface area contributed by atoms with Gasteiger partial charge in [-0.3, -0.25) is 4.98 Å². The molecule has 6 heteroatoms. The molecule has 0 fully saturated rings. The molecule has 0 aliphatic rings. The summed E-state index contributed by atoms with van der Waals surface area (Å²) in [6, 6.07) is 1.43. The van der Waals surface area contributed by atoms with Gasteiger partial charge in [0.1, 0.15) is 0 Å². The zero-order valence-corrected chi connectivity index (χ0v) is 8.07. The smallest absolute Gasteiger partial charge is 0.445 e. The number of rotatable bonds is 3. The summed E-state index contributed by atoms with van der Waals surface area (Å²) in [7, 11) is 0. The van der Waals surface area contributed by atoms with Crippen LogP contribution in [0.15, 0.2) is 24.4 Å². The van der Waals surface area contributed by atoms with Crippen molar-refractivity contribution in [1.29, 1.82) is 0 Å². The second-order valence-corrected chi connectivity index (χ2v) is 3.17. The van der Waals surface area contributed by atoms with E-state index >= 15 is 0 Å². The second-order valence-electron chi connectivity index (χ2n) is 3.17. The van der Waals surface area contributed by atoms with E-state index in [-0.39, 0.29) is 5.98 Å². The molecular formula is C9H10BF3NO-. The quantitative estimate of drug-likeness (QED) is 0.787. The van der Waals surface area contributed by atoms with Crippen LogP contribution in [-0.2, 0) is 0 Å². The third-order valence-corrected chi connectivity index (χ3v) is 1.83. The Kier molecular flexibility index (Phi) is 3.52. The minimum absolute atomic E-state index is 0.196. The highest BCUT2D eigenvalue weighted by atomic mass is 19.4. The minimum Gasteiger partial charge on any atom is -0.445 e.